The average Bonchev–Trinajstić information content (AvgIpc) is 2.49. The second-order valence-electron chi connectivity index (χ2n) is 5.31. The number of piperazine rings is 1. The first-order chi connectivity index (χ1) is 9.83. The van der Waals surface area contributed by atoms with Gasteiger partial charge in [0.2, 0.25) is 0 Å². The molecule has 20 heavy (non-hydrogen) atoms. The van der Waals surface area contributed by atoms with Gasteiger partial charge in [0.15, 0.2) is 0 Å². The van der Waals surface area contributed by atoms with Crippen molar-refractivity contribution in [2.45, 2.75) is 19.8 Å². The molecule has 0 amide bonds. The molecule has 0 bridgehead atoms. The Hall–Kier alpha value is -1.26. The fourth-order valence-corrected chi connectivity index (χ4v) is 2.50. The highest BCUT2D eigenvalue weighted by Gasteiger charge is 2.16. The maximum atomic E-state index is 5.70. The third kappa shape index (κ3) is 4.39. The summed E-state index contributed by atoms with van der Waals surface area (Å²) in [6.45, 7) is 9.12. The molecular weight excluding hydrogens is 250 g/mol. The van der Waals surface area contributed by atoms with E-state index >= 15 is 0 Å². The Morgan fingerprint density at radius 1 is 1.10 bits per heavy atom. The lowest BCUT2D eigenvalue weighted by atomic mass is 10.2. The van der Waals surface area contributed by atoms with E-state index < -0.39 is 0 Å². The topological polar surface area (TPSA) is 41.7 Å². The first-order valence-corrected chi connectivity index (χ1v) is 7.73. The molecule has 4 heteroatoms. The molecule has 1 heterocycles. The van der Waals surface area contributed by atoms with Gasteiger partial charge in [0, 0.05) is 45.0 Å². The molecule has 2 rings (SSSR count). The molecule has 112 valence electrons. The number of nitrogens with zero attached hydrogens (tertiary/aromatic N) is 2. The molecule has 1 aromatic rings. The summed E-state index contributed by atoms with van der Waals surface area (Å²) >= 11 is 0. The molecule has 0 atom stereocenters. The van der Waals surface area contributed by atoms with Crippen molar-refractivity contribution in [3.05, 3.63) is 24.3 Å². The van der Waals surface area contributed by atoms with Crippen LogP contribution in [0.3, 0.4) is 0 Å². The van der Waals surface area contributed by atoms with E-state index in [9.17, 15) is 0 Å². The summed E-state index contributed by atoms with van der Waals surface area (Å²) in [6, 6.07) is 8.49. The Bertz CT molecular complexity index is 372. The van der Waals surface area contributed by atoms with Crippen molar-refractivity contribution in [2.24, 2.45) is 5.73 Å². The lowest BCUT2D eigenvalue weighted by Crippen LogP contribution is -2.47. The van der Waals surface area contributed by atoms with Crippen LogP contribution in [0.5, 0.6) is 5.75 Å². The first kappa shape index (κ1) is 15.1. The van der Waals surface area contributed by atoms with Crippen LogP contribution in [0.4, 0.5) is 5.69 Å². The summed E-state index contributed by atoms with van der Waals surface area (Å²) in [4.78, 5) is 4.86. The first-order valence-electron chi connectivity index (χ1n) is 7.73. The van der Waals surface area contributed by atoms with Gasteiger partial charge < -0.3 is 15.4 Å². The standard InChI is InChI=1S/C16H27N3O/c1-2-3-14-20-16-6-4-15(5-7-16)19-12-10-18(9-8-17)11-13-19/h4-7H,2-3,8-14,17H2,1H3. The second kappa shape index (κ2) is 8.12. The molecule has 1 fully saturated rings. The van der Waals surface area contributed by atoms with Gasteiger partial charge in [0.25, 0.3) is 0 Å². The van der Waals surface area contributed by atoms with E-state index in [4.69, 9.17) is 10.5 Å². The Kier molecular flexibility index (Phi) is 6.15. The molecule has 0 unspecified atom stereocenters. The number of hydrogen-bond donors (Lipinski definition) is 1. The molecule has 0 spiro atoms. The maximum Gasteiger partial charge on any atom is 0.119 e. The molecule has 0 radical (unpaired) electrons. The van der Waals surface area contributed by atoms with Crippen LogP contribution in [0.25, 0.3) is 0 Å². The van der Waals surface area contributed by atoms with Gasteiger partial charge in [-0.2, -0.15) is 0 Å². The number of hydrogen-bond acceptors (Lipinski definition) is 4. The zero-order chi connectivity index (χ0) is 14.2. The molecule has 2 N–H and O–H groups in total. The zero-order valence-electron chi connectivity index (χ0n) is 12.6. The van der Waals surface area contributed by atoms with Gasteiger partial charge in [-0.05, 0) is 30.7 Å². The minimum Gasteiger partial charge on any atom is -0.494 e. The van der Waals surface area contributed by atoms with Gasteiger partial charge in [-0.15, -0.1) is 0 Å². The van der Waals surface area contributed by atoms with E-state index in [1.54, 1.807) is 0 Å². The highest BCUT2D eigenvalue weighted by molar-refractivity contribution is 5.49. The number of nitrogens with two attached hydrogens (primary N) is 1. The maximum absolute atomic E-state index is 5.70. The Labute approximate surface area is 122 Å². The summed E-state index contributed by atoms with van der Waals surface area (Å²) < 4.78 is 5.70. The molecule has 1 aliphatic heterocycles. The number of anilines is 1. The van der Waals surface area contributed by atoms with E-state index in [0.717, 1.165) is 58.0 Å². The van der Waals surface area contributed by atoms with Crippen LogP contribution in [0.15, 0.2) is 24.3 Å². The molecule has 4 nitrogen and oxygen atoms in total. The van der Waals surface area contributed by atoms with Crippen molar-refractivity contribution in [2.75, 3.05) is 50.8 Å². The van der Waals surface area contributed by atoms with Crippen molar-refractivity contribution in [3.8, 4) is 5.75 Å². The molecule has 0 saturated carbocycles. The Morgan fingerprint density at radius 2 is 1.80 bits per heavy atom. The van der Waals surface area contributed by atoms with Gasteiger partial charge in [-0.25, -0.2) is 0 Å². The number of unbranched alkanes of at least 4 members (excludes halogenated alkanes) is 1. The molecule has 1 saturated heterocycles. The summed E-state index contributed by atoms with van der Waals surface area (Å²) in [5, 5.41) is 0. The summed E-state index contributed by atoms with van der Waals surface area (Å²) in [5.74, 6) is 0.976. The molecule has 1 aliphatic rings. The predicted molar refractivity (Wildman–Crippen MR) is 84.6 cm³/mol. The minimum atomic E-state index is 0.754. The van der Waals surface area contributed by atoms with Gasteiger partial charge >= 0.3 is 0 Å². The monoisotopic (exact) mass is 277 g/mol. The number of ether oxygens (including phenoxy) is 1. The molecule has 1 aromatic carbocycles. The zero-order valence-corrected chi connectivity index (χ0v) is 12.6. The highest BCUT2D eigenvalue weighted by Crippen LogP contribution is 2.20. The van der Waals surface area contributed by atoms with Crippen LogP contribution in [0.1, 0.15) is 19.8 Å². The van der Waals surface area contributed by atoms with Gasteiger partial charge in [-0.3, -0.25) is 4.90 Å². The van der Waals surface area contributed by atoms with Crippen LogP contribution >= 0.6 is 0 Å². The van der Waals surface area contributed by atoms with E-state index in [1.807, 2.05) is 0 Å². The summed E-state index contributed by atoms with van der Waals surface area (Å²) in [7, 11) is 0. The van der Waals surface area contributed by atoms with Crippen LogP contribution in [-0.2, 0) is 0 Å². The number of benzene rings is 1. The van der Waals surface area contributed by atoms with Gasteiger partial charge in [0.1, 0.15) is 5.75 Å². The predicted octanol–water partition coefficient (Wildman–Crippen LogP) is 1.95. The van der Waals surface area contributed by atoms with Crippen LogP contribution in [0, 0.1) is 0 Å². The minimum absolute atomic E-state index is 0.754. The fourth-order valence-electron chi connectivity index (χ4n) is 2.50. The van der Waals surface area contributed by atoms with Gasteiger partial charge in [0.05, 0.1) is 6.61 Å². The van der Waals surface area contributed by atoms with Crippen LogP contribution < -0.4 is 15.4 Å². The second-order valence-corrected chi connectivity index (χ2v) is 5.31. The summed E-state index contributed by atoms with van der Waals surface area (Å²) in [5.41, 5.74) is 6.89. The molecule has 0 aromatic heterocycles. The van der Waals surface area contributed by atoms with Crippen LogP contribution in [0.2, 0.25) is 0 Å². The lowest BCUT2D eigenvalue weighted by Gasteiger charge is -2.35. The third-order valence-corrected chi connectivity index (χ3v) is 3.79. The van der Waals surface area contributed by atoms with Crippen molar-refractivity contribution >= 4 is 5.69 Å². The van der Waals surface area contributed by atoms with Crippen molar-refractivity contribution in [3.63, 3.8) is 0 Å². The SMILES string of the molecule is CCCCOc1ccc(N2CCN(CCN)CC2)cc1. The van der Waals surface area contributed by atoms with Crippen molar-refractivity contribution < 1.29 is 4.74 Å². The fraction of sp³-hybridized carbons (Fsp3) is 0.625. The van der Waals surface area contributed by atoms with E-state index in [1.165, 1.54) is 12.1 Å². The highest BCUT2D eigenvalue weighted by atomic mass is 16.5. The van der Waals surface area contributed by atoms with E-state index in [2.05, 4.69) is 41.0 Å². The van der Waals surface area contributed by atoms with Crippen molar-refractivity contribution in [1.29, 1.82) is 0 Å². The third-order valence-electron chi connectivity index (χ3n) is 3.79. The van der Waals surface area contributed by atoms with Gasteiger partial charge in [-0.1, -0.05) is 13.3 Å². The summed E-state index contributed by atoms with van der Waals surface area (Å²) in [6.07, 6.45) is 2.29. The largest absolute Gasteiger partial charge is 0.494 e. The van der Waals surface area contributed by atoms with E-state index in [0.29, 0.717) is 0 Å². The number of rotatable bonds is 7. The normalized spacial score (nSPS) is 16.4. The Balaban J connectivity index is 1.81. The Morgan fingerprint density at radius 3 is 2.40 bits per heavy atom. The quantitative estimate of drug-likeness (QED) is 0.774. The smallest absolute Gasteiger partial charge is 0.119 e. The van der Waals surface area contributed by atoms with E-state index in [-0.39, 0.29) is 0 Å². The lowest BCUT2D eigenvalue weighted by molar-refractivity contribution is 0.265. The molecule has 0 aliphatic carbocycles. The molecular formula is C16H27N3O. The van der Waals surface area contributed by atoms with Crippen LogP contribution in [-0.4, -0.2) is 50.8 Å². The average molecular weight is 277 g/mol. The van der Waals surface area contributed by atoms with Crippen molar-refractivity contribution in [1.82, 2.24) is 4.90 Å².